The number of nitriles is 1. The minimum Gasteiger partial charge on any atom is -0.464 e. The fraction of sp³-hybridized carbons (Fsp3) is 0.190. The van der Waals surface area contributed by atoms with Crippen molar-refractivity contribution in [3.05, 3.63) is 63.9 Å². The molecule has 0 aliphatic rings. The number of hydrogen-bond acceptors (Lipinski definition) is 5. The molecule has 0 aliphatic carbocycles. The predicted molar refractivity (Wildman–Crippen MR) is 105 cm³/mol. The third kappa shape index (κ3) is 4.16. The van der Waals surface area contributed by atoms with Crippen LogP contribution in [0.2, 0.25) is 5.02 Å². The summed E-state index contributed by atoms with van der Waals surface area (Å²) in [4.78, 5) is 24.1. The van der Waals surface area contributed by atoms with E-state index in [0.717, 1.165) is 22.1 Å². The average molecular weight is 397 g/mol. The molecule has 0 radical (unpaired) electrons. The van der Waals surface area contributed by atoms with Crippen LogP contribution in [0.15, 0.2) is 41.0 Å². The molecule has 1 N–H and O–H groups in total. The molecule has 0 saturated carbocycles. The van der Waals surface area contributed by atoms with E-state index in [2.05, 4.69) is 5.32 Å². The Morgan fingerprint density at radius 2 is 2.04 bits per heavy atom. The summed E-state index contributed by atoms with van der Waals surface area (Å²) in [5.74, 6) is -1.04. The Bertz CT molecular complexity index is 1110. The number of esters is 1. The van der Waals surface area contributed by atoms with Crippen LogP contribution in [0.4, 0.5) is 5.69 Å². The molecule has 0 fully saturated rings. The fourth-order valence-corrected chi connectivity index (χ4v) is 2.98. The van der Waals surface area contributed by atoms with Crippen LogP contribution in [-0.4, -0.2) is 18.5 Å². The Morgan fingerprint density at radius 3 is 2.75 bits per heavy atom. The minimum atomic E-state index is -0.533. The Labute approximate surface area is 166 Å². The zero-order valence-electron chi connectivity index (χ0n) is 15.3. The number of halogens is 1. The van der Waals surface area contributed by atoms with Crippen molar-refractivity contribution in [2.75, 3.05) is 11.9 Å². The van der Waals surface area contributed by atoms with E-state index in [0.29, 0.717) is 16.8 Å². The standard InChI is InChI=1S/C21H17ClN2O4/c1-12-3-6-17-15(10-28-21(17)13(12)2)7-20(26)27-11-19(25)24-16-5-4-14(9-23)18(22)8-16/h3-6,8,10H,7,11H2,1-2H3,(H,24,25). The van der Waals surface area contributed by atoms with Gasteiger partial charge in [0.2, 0.25) is 0 Å². The lowest BCUT2D eigenvalue weighted by atomic mass is 10.0. The number of hydrogen-bond donors (Lipinski definition) is 1. The highest BCUT2D eigenvalue weighted by Gasteiger charge is 2.15. The molecule has 142 valence electrons. The van der Waals surface area contributed by atoms with E-state index in [-0.39, 0.29) is 11.4 Å². The van der Waals surface area contributed by atoms with Gasteiger partial charge in [0, 0.05) is 16.6 Å². The molecule has 0 atom stereocenters. The van der Waals surface area contributed by atoms with Crippen LogP contribution in [0.1, 0.15) is 22.3 Å². The monoisotopic (exact) mass is 396 g/mol. The Balaban J connectivity index is 1.57. The van der Waals surface area contributed by atoms with Gasteiger partial charge in [0.1, 0.15) is 11.7 Å². The first-order valence-corrected chi connectivity index (χ1v) is 8.88. The quantitative estimate of drug-likeness (QED) is 0.649. The van der Waals surface area contributed by atoms with Crippen molar-refractivity contribution in [1.82, 2.24) is 0 Å². The number of furan rings is 1. The number of benzene rings is 2. The highest BCUT2D eigenvalue weighted by Crippen LogP contribution is 2.27. The number of nitrogens with zero attached hydrogens (tertiary/aromatic N) is 1. The molecule has 6 nitrogen and oxygen atoms in total. The Hall–Kier alpha value is -3.30. The largest absolute Gasteiger partial charge is 0.464 e. The van der Waals surface area contributed by atoms with Crippen molar-refractivity contribution in [3.63, 3.8) is 0 Å². The lowest BCUT2D eigenvalue weighted by Gasteiger charge is -2.07. The zero-order chi connectivity index (χ0) is 20.3. The lowest BCUT2D eigenvalue weighted by Crippen LogP contribution is -2.21. The molecule has 1 heterocycles. The average Bonchev–Trinajstić information content (AvgIpc) is 3.06. The summed E-state index contributed by atoms with van der Waals surface area (Å²) in [5, 5.41) is 12.5. The van der Waals surface area contributed by atoms with E-state index in [4.69, 9.17) is 26.0 Å². The van der Waals surface area contributed by atoms with Crippen molar-refractivity contribution in [2.24, 2.45) is 0 Å². The second-order valence-corrected chi connectivity index (χ2v) is 6.74. The molecule has 7 heteroatoms. The summed E-state index contributed by atoms with van der Waals surface area (Å²) < 4.78 is 10.6. The van der Waals surface area contributed by atoms with Gasteiger partial charge >= 0.3 is 5.97 Å². The molecule has 1 aromatic heterocycles. The van der Waals surface area contributed by atoms with Crippen LogP contribution in [0.5, 0.6) is 0 Å². The van der Waals surface area contributed by atoms with Crippen molar-refractivity contribution in [1.29, 1.82) is 5.26 Å². The number of anilines is 1. The maximum atomic E-state index is 12.1. The van der Waals surface area contributed by atoms with E-state index in [1.54, 1.807) is 6.07 Å². The molecule has 0 aliphatic heterocycles. The fourth-order valence-electron chi connectivity index (χ4n) is 2.76. The summed E-state index contributed by atoms with van der Waals surface area (Å²) in [6, 6.07) is 10.3. The molecular weight excluding hydrogens is 380 g/mol. The molecule has 1 amide bonds. The van der Waals surface area contributed by atoms with Crippen LogP contribution in [-0.2, 0) is 20.7 Å². The lowest BCUT2D eigenvalue weighted by molar-refractivity contribution is -0.146. The van der Waals surface area contributed by atoms with Gasteiger partial charge in [-0.15, -0.1) is 0 Å². The van der Waals surface area contributed by atoms with E-state index in [1.165, 1.54) is 18.4 Å². The van der Waals surface area contributed by atoms with Crippen LogP contribution >= 0.6 is 11.6 Å². The van der Waals surface area contributed by atoms with Gasteiger partial charge in [-0.1, -0.05) is 23.7 Å². The van der Waals surface area contributed by atoms with Crippen LogP contribution < -0.4 is 5.32 Å². The van der Waals surface area contributed by atoms with Crippen molar-refractivity contribution in [3.8, 4) is 6.07 Å². The van der Waals surface area contributed by atoms with Gasteiger partial charge in [0.15, 0.2) is 6.61 Å². The molecule has 2 aromatic carbocycles. The Kier molecular flexibility index (Phi) is 5.67. The smallest absolute Gasteiger partial charge is 0.310 e. The van der Waals surface area contributed by atoms with E-state index >= 15 is 0 Å². The number of fused-ring (bicyclic) bond motifs is 1. The highest BCUT2D eigenvalue weighted by molar-refractivity contribution is 6.32. The van der Waals surface area contributed by atoms with Crippen LogP contribution in [0.3, 0.4) is 0 Å². The highest BCUT2D eigenvalue weighted by atomic mass is 35.5. The van der Waals surface area contributed by atoms with Gasteiger partial charge in [0.25, 0.3) is 5.91 Å². The summed E-state index contributed by atoms with van der Waals surface area (Å²) in [7, 11) is 0. The van der Waals surface area contributed by atoms with Crippen molar-refractivity contribution < 1.29 is 18.7 Å². The van der Waals surface area contributed by atoms with Crippen molar-refractivity contribution in [2.45, 2.75) is 20.3 Å². The van der Waals surface area contributed by atoms with Gasteiger partial charge in [-0.25, -0.2) is 0 Å². The summed E-state index contributed by atoms with van der Waals surface area (Å²) in [5.41, 5.74) is 4.31. The molecule has 0 spiro atoms. The second-order valence-electron chi connectivity index (χ2n) is 6.34. The molecule has 28 heavy (non-hydrogen) atoms. The summed E-state index contributed by atoms with van der Waals surface area (Å²) in [6.45, 7) is 3.53. The molecule has 3 rings (SSSR count). The number of nitrogens with one attached hydrogen (secondary N) is 1. The van der Waals surface area contributed by atoms with Gasteiger partial charge in [-0.05, 0) is 43.2 Å². The SMILES string of the molecule is Cc1ccc2c(CC(=O)OCC(=O)Nc3ccc(C#N)c(Cl)c3)coc2c1C. The van der Waals surface area contributed by atoms with Gasteiger partial charge < -0.3 is 14.5 Å². The third-order valence-corrected chi connectivity index (χ3v) is 4.73. The first-order chi connectivity index (χ1) is 13.4. The third-order valence-electron chi connectivity index (χ3n) is 4.41. The van der Waals surface area contributed by atoms with E-state index in [9.17, 15) is 9.59 Å². The number of ether oxygens (including phenoxy) is 1. The number of aryl methyl sites for hydroxylation is 2. The maximum absolute atomic E-state index is 12.1. The predicted octanol–water partition coefficient (Wildman–Crippen LogP) is 4.30. The van der Waals surface area contributed by atoms with Gasteiger partial charge in [0.05, 0.1) is 23.3 Å². The van der Waals surface area contributed by atoms with Crippen molar-refractivity contribution >= 4 is 40.1 Å². The number of amides is 1. The van der Waals surface area contributed by atoms with Gasteiger partial charge in [-0.3, -0.25) is 9.59 Å². The molecule has 0 bridgehead atoms. The number of carbonyl (C=O) groups excluding carboxylic acids is 2. The first kappa shape index (κ1) is 19.5. The van der Waals surface area contributed by atoms with Gasteiger partial charge in [-0.2, -0.15) is 5.26 Å². The second kappa shape index (κ2) is 8.15. The van der Waals surface area contributed by atoms with Crippen LogP contribution in [0, 0.1) is 25.2 Å². The summed E-state index contributed by atoms with van der Waals surface area (Å²) >= 11 is 5.92. The topological polar surface area (TPSA) is 92.3 Å². The van der Waals surface area contributed by atoms with E-state index < -0.39 is 18.5 Å². The molecule has 3 aromatic rings. The maximum Gasteiger partial charge on any atom is 0.310 e. The Morgan fingerprint density at radius 1 is 1.25 bits per heavy atom. The molecular formula is C21H17ClN2O4. The summed E-state index contributed by atoms with van der Waals surface area (Å²) in [6.07, 6.45) is 1.54. The molecule has 0 unspecified atom stereocenters. The zero-order valence-corrected chi connectivity index (χ0v) is 16.1. The molecule has 0 saturated heterocycles. The van der Waals surface area contributed by atoms with Crippen LogP contribution in [0.25, 0.3) is 11.0 Å². The first-order valence-electron chi connectivity index (χ1n) is 8.50. The minimum absolute atomic E-state index is 0.00543. The number of carbonyl (C=O) groups is 2. The number of rotatable bonds is 5. The normalized spacial score (nSPS) is 10.5. The van der Waals surface area contributed by atoms with E-state index in [1.807, 2.05) is 32.0 Å².